The fourth-order valence-electron chi connectivity index (χ4n) is 1.77. The highest BCUT2D eigenvalue weighted by Crippen LogP contribution is 2.27. The number of sulfonamides is 1. The molecule has 0 radical (unpaired) electrons. The molecule has 0 amide bonds. The van der Waals surface area contributed by atoms with Crippen molar-refractivity contribution in [3.8, 4) is 0 Å². The van der Waals surface area contributed by atoms with Crippen LogP contribution in [0.2, 0.25) is 0 Å². The Balaban J connectivity index is 2.31. The Hall–Kier alpha value is -0.730. The SMILES string of the molecule is Cc1cc(CN)cc(S(=O)(=O)NCc2ccsc2)c1Br. The molecule has 0 aliphatic carbocycles. The smallest absolute Gasteiger partial charge is 0.242 e. The Morgan fingerprint density at radius 1 is 1.35 bits per heavy atom. The molecule has 0 fully saturated rings. The van der Waals surface area contributed by atoms with Crippen LogP contribution in [-0.2, 0) is 23.1 Å². The maximum absolute atomic E-state index is 12.4. The second-order valence-electron chi connectivity index (χ2n) is 4.39. The fraction of sp³-hybridized carbons (Fsp3) is 0.231. The molecule has 0 aliphatic rings. The first-order chi connectivity index (χ1) is 9.44. The van der Waals surface area contributed by atoms with E-state index in [0.717, 1.165) is 16.7 Å². The highest BCUT2D eigenvalue weighted by molar-refractivity contribution is 9.10. The van der Waals surface area contributed by atoms with Crippen molar-refractivity contribution in [2.75, 3.05) is 0 Å². The van der Waals surface area contributed by atoms with Crippen molar-refractivity contribution in [2.45, 2.75) is 24.9 Å². The quantitative estimate of drug-likeness (QED) is 0.844. The third kappa shape index (κ3) is 3.48. The number of thiophene rings is 1. The molecule has 20 heavy (non-hydrogen) atoms. The molecule has 0 saturated carbocycles. The van der Waals surface area contributed by atoms with Gasteiger partial charge >= 0.3 is 0 Å². The summed E-state index contributed by atoms with van der Waals surface area (Å²) < 4.78 is 28.0. The highest BCUT2D eigenvalue weighted by atomic mass is 79.9. The summed E-state index contributed by atoms with van der Waals surface area (Å²) in [7, 11) is -3.57. The van der Waals surface area contributed by atoms with Crippen LogP contribution in [0, 0.1) is 6.92 Å². The van der Waals surface area contributed by atoms with Crippen LogP contribution in [0.1, 0.15) is 16.7 Å². The number of hydrogen-bond acceptors (Lipinski definition) is 4. The van der Waals surface area contributed by atoms with E-state index < -0.39 is 10.0 Å². The third-order valence-electron chi connectivity index (χ3n) is 2.85. The number of hydrogen-bond donors (Lipinski definition) is 2. The maximum Gasteiger partial charge on any atom is 0.242 e. The van der Waals surface area contributed by atoms with E-state index in [1.54, 1.807) is 6.07 Å². The number of aryl methyl sites for hydroxylation is 1. The number of nitrogens with one attached hydrogen (secondary N) is 1. The highest BCUT2D eigenvalue weighted by Gasteiger charge is 2.19. The molecule has 0 bridgehead atoms. The molecule has 0 unspecified atom stereocenters. The molecule has 108 valence electrons. The van der Waals surface area contributed by atoms with Gasteiger partial charge in [0.25, 0.3) is 0 Å². The molecule has 1 aromatic carbocycles. The summed E-state index contributed by atoms with van der Waals surface area (Å²) in [4.78, 5) is 0.230. The van der Waals surface area contributed by atoms with Crippen LogP contribution >= 0.6 is 27.3 Å². The van der Waals surface area contributed by atoms with Gasteiger partial charge in [0.05, 0.1) is 4.90 Å². The van der Waals surface area contributed by atoms with E-state index in [1.165, 1.54) is 11.3 Å². The topological polar surface area (TPSA) is 72.2 Å². The number of benzene rings is 1. The summed E-state index contributed by atoms with van der Waals surface area (Å²) in [6.45, 7) is 2.44. The number of nitrogens with two attached hydrogens (primary N) is 1. The van der Waals surface area contributed by atoms with Crippen LogP contribution in [0.5, 0.6) is 0 Å². The lowest BCUT2D eigenvalue weighted by Crippen LogP contribution is -2.24. The normalized spacial score (nSPS) is 11.8. The molecule has 2 rings (SSSR count). The molecule has 0 spiro atoms. The first-order valence-electron chi connectivity index (χ1n) is 5.94. The molecule has 0 aliphatic heterocycles. The Bertz CT molecular complexity index is 697. The van der Waals surface area contributed by atoms with Gasteiger partial charge in [0.2, 0.25) is 10.0 Å². The summed E-state index contributed by atoms with van der Waals surface area (Å²) >= 11 is 4.88. The van der Waals surface area contributed by atoms with Crippen LogP contribution in [0.15, 0.2) is 38.3 Å². The van der Waals surface area contributed by atoms with Crippen LogP contribution < -0.4 is 10.5 Å². The van der Waals surface area contributed by atoms with E-state index >= 15 is 0 Å². The molecular formula is C13H15BrN2O2S2. The van der Waals surface area contributed by atoms with Gasteiger partial charge in [0, 0.05) is 17.6 Å². The molecular weight excluding hydrogens is 360 g/mol. The molecule has 2 aromatic rings. The van der Waals surface area contributed by atoms with E-state index in [-0.39, 0.29) is 11.4 Å². The van der Waals surface area contributed by atoms with Crippen molar-refractivity contribution in [3.63, 3.8) is 0 Å². The average Bonchev–Trinajstić information content (AvgIpc) is 2.92. The van der Waals surface area contributed by atoms with E-state index in [2.05, 4.69) is 20.7 Å². The van der Waals surface area contributed by atoms with Crippen LogP contribution in [-0.4, -0.2) is 8.42 Å². The standard InChI is InChI=1S/C13H15BrN2O2S2/c1-9-4-11(6-15)5-12(13(9)14)20(17,18)16-7-10-2-3-19-8-10/h2-5,8,16H,6-7,15H2,1H3. The van der Waals surface area contributed by atoms with Gasteiger partial charge in [0.15, 0.2) is 0 Å². The summed E-state index contributed by atoms with van der Waals surface area (Å²) in [5.41, 5.74) is 8.19. The Morgan fingerprint density at radius 3 is 2.70 bits per heavy atom. The zero-order valence-electron chi connectivity index (χ0n) is 10.9. The summed E-state index contributed by atoms with van der Waals surface area (Å²) in [6, 6.07) is 5.37. The van der Waals surface area contributed by atoms with Crippen LogP contribution in [0.3, 0.4) is 0 Å². The fourth-order valence-corrected chi connectivity index (χ4v) is 4.52. The maximum atomic E-state index is 12.4. The van der Waals surface area contributed by atoms with Crippen molar-refractivity contribution in [2.24, 2.45) is 5.73 Å². The largest absolute Gasteiger partial charge is 0.326 e. The van der Waals surface area contributed by atoms with Crippen molar-refractivity contribution in [3.05, 3.63) is 50.1 Å². The minimum absolute atomic E-state index is 0.230. The van der Waals surface area contributed by atoms with Crippen LogP contribution in [0.4, 0.5) is 0 Å². The number of rotatable bonds is 5. The van der Waals surface area contributed by atoms with E-state index in [9.17, 15) is 8.42 Å². The minimum Gasteiger partial charge on any atom is -0.326 e. The molecule has 0 atom stereocenters. The van der Waals surface area contributed by atoms with Gasteiger partial charge < -0.3 is 5.73 Å². The third-order valence-corrected chi connectivity index (χ3v) is 6.33. The van der Waals surface area contributed by atoms with Gasteiger partial charge in [-0.1, -0.05) is 6.07 Å². The Labute approximate surface area is 131 Å². The van der Waals surface area contributed by atoms with Gasteiger partial charge in [-0.05, 0) is 62.4 Å². The van der Waals surface area contributed by atoms with Crippen molar-refractivity contribution < 1.29 is 8.42 Å². The molecule has 1 heterocycles. The molecule has 4 nitrogen and oxygen atoms in total. The van der Waals surface area contributed by atoms with Gasteiger partial charge in [-0.3, -0.25) is 0 Å². The molecule has 7 heteroatoms. The monoisotopic (exact) mass is 374 g/mol. The van der Waals surface area contributed by atoms with Gasteiger partial charge in [-0.2, -0.15) is 11.3 Å². The zero-order chi connectivity index (χ0) is 14.8. The summed E-state index contributed by atoms with van der Waals surface area (Å²) in [5.74, 6) is 0. The van der Waals surface area contributed by atoms with Crippen molar-refractivity contribution >= 4 is 37.3 Å². The van der Waals surface area contributed by atoms with Crippen molar-refractivity contribution in [1.82, 2.24) is 4.72 Å². The summed E-state index contributed by atoms with van der Waals surface area (Å²) in [5, 5.41) is 3.83. The predicted molar refractivity (Wildman–Crippen MR) is 85.1 cm³/mol. The van der Waals surface area contributed by atoms with Crippen LogP contribution in [0.25, 0.3) is 0 Å². The lowest BCUT2D eigenvalue weighted by molar-refractivity contribution is 0.580. The first-order valence-corrected chi connectivity index (χ1v) is 9.16. The average molecular weight is 375 g/mol. The lowest BCUT2D eigenvalue weighted by atomic mass is 10.1. The minimum atomic E-state index is -3.57. The predicted octanol–water partition coefficient (Wildman–Crippen LogP) is 2.76. The molecule has 3 N–H and O–H groups in total. The van der Waals surface area contributed by atoms with Gasteiger partial charge in [-0.25, -0.2) is 13.1 Å². The molecule has 0 saturated heterocycles. The van der Waals surface area contributed by atoms with Gasteiger partial charge in [-0.15, -0.1) is 0 Å². The van der Waals surface area contributed by atoms with E-state index in [1.807, 2.05) is 29.8 Å². The van der Waals surface area contributed by atoms with Crippen molar-refractivity contribution in [1.29, 1.82) is 0 Å². The van der Waals surface area contributed by atoms with Gasteiger partial charge in [0.1, 0.15) is 0 Å². The second kappa shape index (κ2) is 6.36. The molecule has 1 aromatic heterocycles. The number of halogens is 1. The second-order valence-corrected chi connectivity index (χ2v) is 7.69. The zero-order valence-corrected chi connectivity index (χ0v) is 14.1. The Morgan fingerprint density at radius 2 is 2.10 bits per heavy atom. The summed E-state index contributed by atoms with van der Waals surface area (Å²) in [6.07, 6.45) is 0. The van der Waals surface area contributed by atoms with E-state index in [4.69, 9.17) is 5.73 Å². The van der Waals surface area contributed by atoms with E-state index in [0.29, 0.717) is 11.0 Å². The Kier molecular flexibility index (Phi) is 4.98. The lowest BCUT2D eigenvalue weighted by Gasteiger charge is -2.11. The first kappa shape index (κ1) is 15.7.